The number of nitrogens with zero attached hydrogens (tertiary/aromatic N) is 4. The van der Waals surface area contributed by atoms with Gasteiger partial charge in [-0.15, -0.1) is 10.2 Å². The van der Waals surface area contributed by atoms with Gasteiger partial charge in [-0.25, -0.2) is 0 Å². The molecular weight excluding hydrogens is 386 g/mol. The SMILES string of the molecule is CC(=O)NC(C)C(=O)NNC(=O)c1ccc(Cn2nnc(-c3ccccc3)n2)cc1. The van der Waals surface area contributed by atoms with Crippen LogP contribution in [-0.4, -0.2) is 44.0 Å². The summed E-state index contributed by atoms with van der Waals surface area (Å²) in [6.45, 7) is 3.22. The van der Waals surface area contributed by atoms with Crippen molar-refractivity contribution in [3.05, 3.63) is 65.7 Å². The van der Waals surface area contributed by atoms with E-state index >= 15 is 0 Å². The Morgan fingerprint density at radius 3 is 2.37 bits per heavy atom. The fourth-order valence-corrected chi connectivity index (χ4v) is 2.61. The van der Waals surface area contributed by atoms with Gasteiger partial charge in [0.25, 0.3) is 11.8 Å². The third-order valence-electron chi connectivity index (χ3n) is 4.14. The fraction of sp³-hybridized carbons (Fsp3) is 0.200. The lowest BCUT2D eigenvalue weighted by Gasteiger charge is -2.13. The quantitative estimate of drug-likeness (QED) is 0.515. The van der Waals surface area contributed by atoms with Crippen molar-refractivity contribution >= 4 is 17.7 Å². The van der Waals surface area contributed by atoms with E-state index in [0.717, 1.165) is 11.1 Å². The van der Waals surface area contributed by atoms with Crippen LogP contribution in [0.15, 0.2) is 54.6 Å². The standard InChI is InChI=1S/C20H21N7O3/c1-13(21-14(2)28)19(29)23-24-20(30)17-10-8-15(9-11-17)12-27-25-18(22-26-27)16-6-4-3-5-7-16/h3-11,13H,12H2,1-2H3,(H,21,28)(H,23,29)(H,24,30). The number of aromatic nitrogens is 4. The first-order chi connectivity index (χ1) is 14.4. The smallest absolute Gasteiger partial charge is 0.269 e. The van der Waals surface area contributed by atoms with Crippen LogP contribution < -0.4 is 16.2 Å². The Labute approximate surface area is 172 Å². The average Bonchev–Trinajstić information content (AvgIpc) is 3.21. The summed E-state index contributed by atoms with van der Waals surface area (Å²) < 4.78 is 0. The van der Waals surface area contributed by atoms with Gasteiger partial charge in [0, 0.05) is 18.1 Å². The number of carbonyl (C=O) groups excluding carboxylic acids is 3. The van der Waals surface area contributed by atoms with Crippen LogP contribution in [0.4, 0.5) is 0 Å². The van der Waals surface area contributed by atoms with Gasteiger partial charge in [0.2, 0.25) is 11.7 Å². The Morgan fingerprint density at radius 2 is 1.70 bits per heavy atom. The number of carbonyl (C=O) groups is 3. The Morgan fingerprint density at radius 1 is 1.00 bits per heavy atom. The fourth-order valence-electron chi connectivity index (χ4n) is 2.61. The van der Waals surface area contributed by atoms with Gasteiger partial charge < -0.3 is 5.32 Å². The van der Waals surface area contributed by atoms with Crippen LogP contribution in [0.25, 0.3) is 11.4 Å². The number of nitrogens with one attached hydrogen (secondary N) is 3. The van der Waals surface area contributed by atoms with Gasteiger partial charge in [-0.3, -0.25) is 25.2 Å². The van der Waals surface area contributed by atoms with Crippen molar-refractivity contribution < 1.29 is 14.4 Å². The van der Waals surface area contributed by atoms with E-state index in [-0.39, 0.29) is 5.91 Å². The Hall–Kier alpha value is -4.08. The highest BCUT2D eigenvalue weighted by Crippen LogP contribution is 2.12. The topological polar surface area (TPSA) is 131 Å². The molecule has 1 unspecified atom stereocenters. The highest BCUT2D eigenvalue weighted by Gasteiger charge is 2.15. The second-order valence-corrected chi connectivity index (χ2v) is 6.57. The van der Waals surface area contributed by atoms with Gasteiger partial charge in [0.1, 0.15) is 6.04 Å². The van der Waals surface area contributed by atoms with Gasteiger partial charge in [-0.2, -0.15) is 4.80 Å². The molecule has 1 atom stereocenters. The van der Waals surface area contributed by atoms with Gasteiger partial charge >= 0.3 is 0 Å². The molecule has 3 N–H and O–H groups in total. The van der Waals surface area contributed by atoms with E-state index < -0.39 is 17.9 Å². The molecule has 0 radical (unpaired) electrons. The maximum absolute atomic E-state index is 12.2. The second-order valence-electron chi connectivity index (χ2n) is 6.57. The number of amides is 3. The van der Waals surface area contributed by atoms with Crippen LogP contribution in [0.1, 0.15) is 29.8 Å². The van der Waals surface area contributed by atoms with Gasteiger partial charge in [-0.05, 0) is 29.8 Å². The lowest BCUT2D eigenvalue weighted by molar-refractivity contribution is -0.128. The minimum Gasteiger partial charge on any atom is -0.345 e. The van der Waals surface area contributed by atoms with Crippen LogP contribution in [0, 0.1) is 0 Å². The zero-order valence-corrected chi connectivity index (χ0v) is 16.5. The summed E-state index contributed by atoms with van der Waals surface area (Å²) in [7, 11) is 0. The van der Waals surface area contributed by atoms with Crippen LogP contribution in [0.3, 0.4) is 0 Å². The number of hydrazine groups is 1. The summed E-state index contributed by atoms with van der Waals surface area (Å²) in [4.78, 5) is 36.4. The minimum absolute atomic E-state index is 0.336. The zero-order chi connectivity index (χ0) is 21.5. The van der Waals surface area contributed by atoms with E-state index in [9.17, 15) is 14.4 Å². The average molecular weight is 407 g/mol. The highest BCUT2D eigenvalue weighted by molar-refractivity contribution is 5.96. The lowest BCUT2D eigenvalue weighted by Crippen LogP contribution is -2.50. The molecule has 10 nitrogen and oxygen atoms in total. The number of rotatable bonds is 6. The largest absolute Gasteiger partial charge is 0.345 e. The van der Waals surface area contributed by atoms with Crippen molar-refractivity contribution in [1.29, 1.82) is 0 Å². The second kappa shape index (κ2) is 9.41. The molecule has 2 aromatic carbocycles. The number of hydrogen-bond donors (Lipinski definition) is 3. The van der Waals surface area contributed by atoms with Crippen molar-refractivity contribution in [1.82, 2.24) is 36.4 Å². The van der Waals surface area contributed by atoms with Crippen molar-refractivity contribution in [2.75, 3.05) is 0 Å². The van der Waals surface area contributed by atoms with Gasteiger partial charge in [0.15, 0.2) is 0 Å². The van der Waals surface area contributed by atoms with E-state index in [1.807, 2.05) is 30.3 Å². The Kier molecular flexibility index (Phi) is 6.48. The predicted octanol–water partition coefficient (Wildman–Crippen LogP) is 0.674. The molecule has 30 heavy (non-hydrogen) atoms. The molecule has 0 spiro atoms. The summed E-state index contributed by atoms with van der Waals surface area (Å²) in [5.41, 5.74) is 6.71. The van der Waals surface area contributed by atoms with Crippen molar-refractivity contribution in [2.45, 2.75) is 26.4 Å². The van der Waals surface area contributed by atoms with Gasteiger partial charge in [0.05, 0.1) is 6.54 Å². The summed E-state index contributed by atoms with van der Waals surface area (Å²) in [5, 5.41) is 14.9. The minimum atomic E-state index is -0.763. The van der Waals surface area contributed by atoms with Crippen LogP contribution >= 0.6 is 0 Å². The molecule has 3 rings (SSSR count). The molecule has 0 bridgehead atoms. The first-order valence-electron chi connectivity index (χ1n) is 9.22. The molecule has 3 amide bonds. The molecule has 0 saturated carbocycles. The number of benzene rings is 2. The molecule has 1 aromatic heterocycles. The lowest BCUT2D eigenvalue weighted by atomic mass is 10.1. The molecule has 0 aliphatic rings. The maximum Gasteiger partial charge on any atom is 0.269 e. The number of tetrazole rings is 1. The molecule has 0 aliphatic carbocycles. The summed E-state index contributed by atoms with van der Waals surface area (Å²) >= 11 is 0. The molecule has 0 aliphatic heterocycles. The summed E-state index contributed by atoms with van der Waals surface area (Å²) in [6, 6.07) is 15.6. The predicted molar refractivity (Wildman–Crippen MR) is 108 cm³/mol. The zero-order valence-electron chi connectivity index (χ0n) is 16.5. The summed E-state index contributed by atoms with van der Waals surface area (Å²) in [6.07, 6.45) is 0. The van der Waals surface area contributed by atoms with Crippen molar-refractivity contribution in [3.63, 3.8) is 0 Å². The monoisotopic (exact) mass is 407 g/mol. The van der Waals surface area contributed by atoms with Gasteiger partial charge in [-0.1, -0.05) is 42.5 Å². The third-order valence-corrected chi connectivity index (χ3v) is 4.14. The van der Waals surface area contributed by atoms with Crippen molar-refractivity contribution in [2.24, 2.45) is 0 Å². The van der Waals surface area contributed by atoms with Crippen LogP contribution in [0.2, 0.25) is 0 Å². The molecular formula is C20H21N7O3. The molecule has 3 aromatic rings. The van der Waals surface area contributed by atoms with E-state index in [2.05, 4.69) is 31.6 Å². The normalized spacial score (nSPS) is 11.4. The van der Waals surface area contributed by atoms with E-state index in [1.54, 1.807) is 24.3 Å². The first kappa shape index (κ1) is 20.6. The molecule has 1 heterocycles. The number of hydrogen-bond acceptors (Lipinski definition) is 6. The van der Waals surface area contributed by atoms with E-state index in [4.69, 9.17) is 0 Å². The summed E-state index contributed by atoms with van der Waals surface area (Å²) in [5.74, 6) is -0.801. The first-order valence-corrected chi connectivity index (χ1v) is 9.22. The van der Waals surface area contributed by atoms with E-state index in [1.165, 1.54) is 18.6 Å². The highest BCUT2D eigenvalue weighted by atomic mass is 16.2. The van der Waals surface area contributed by atoms with Crippen LogP contribution in [0.5, 0.6) is 0 Å². The van der Waals surface area contributed by atoms with E-state index in [0.29, 0.717) is 17.9 Å². The Balaban J connectivity index is 1.55. The molecule has 0 fully saturated rings. The Bertz CT molecular complexity index is 1030. The molecule has 154 valence electrons. The molecule has 10 heteroatoms. The maximum atomic E-state index is 12.2. The molecule has 0 saturated heterocycles. The third kappa shape index (κ3) is 5.47. The van der Waals surface area contributed by atoms with Crippen LogP contribution in [-0.2, 0) is 16.1 Å². The van der Waals surface area contributed by atoms with Crippen molar-refractivity contribution in [3.8, 4) is 11.4 Å².